The molecule has 0 bridgehead atoms. The molecule has 1 N–H and O–H groups in total. The van der Waals surface area contributed by atoms with Crippen molar-refractivity contribution < 1.29 is 4.39 Å². The first-order valence-corrected chi connectivity index (χ1v) is 12.5. The largest absolute Gasteiger partial charge is 0.367 e. The van der Waals surface area contributed by atoms with Gasteiger partial charge in [-0.3, -0.25) is 0 Å². The van der Waals surface area contributed by atoms with Gasteiger partial charge >= 0.3 is 0 Å². The summed E-state index contributed by atoms with van der Waals surface area (Å²) in [5.74, 6) is 1.44. The number of nitrogens with zero attached hydrogens (tertiary/aromatic N) is 1. The number of benzene rings is 2. The van der Waals surface area contributed by atoms with Gasteiger partial charge < -0.3 is 5.32 Å². The Balaban J connectivity index is 1.60. The Morgan fingerprint density at radius 2 is 1.70 bits per heavy atom. The highest BCUT2D eigenvalue weighted by molar-refractivity contribution is 5.80. The van der Waals surface area contributed by atoms with Gasteiger partial charge in [0.15, 0.2) is 0 Å². The molecule has 1 aliphatic carbocycles. The zero-order valence-electron chi connectivity index (χ0n) is 20.8. The number of hydrogen-bond donors (Lipinski definition) is 1. The van der Waals surface area contributed by atoms with Crippen molar-refractivity contribution >= 4 is 5.82 Å². The lowest BCUT2D eigenvalue weighted by Gasteiger charge is -2.18. The minimum absolute atomic E-state index is 0.0942. The number of rotatable bonds is 7. The molecule has 2 nitrogen and oxygen atoms in total. The molecule has 1 saturated carbocycles. The first kappa shape index (κ1) is 23.5. The average Bonchev–Trinajstić information content (AvgIpc) is 3.29. The first-order chi connectivity index (χ1) is 15.8. The summed E-state index contributed by atoms with van der Waals surface area (Å²) in [5.41, 5.74) is 8.81. The van der Waals surface area contributed by atoms with Gasteiger partial charge in [-0.15, -0.1) is 0 Å². The van der Waals surface area contributed by atoms with Crippen LogP contribution in [0.5, 0.6) is 0 Å². The highest BCUT2D eigenvalue weighted by atomic mass is 19.1. The highest BCUT2D eigenvalue weighted by Crippen LogP contribution is 2.36. The van der Waals surface area contributed by atoms with E-state index in [1.807, 2.05) is 12.3 Å². The number of hydrogen-bond acceptors (Lipinski definition) is 2. The predicted molar refractivity (Wildman–Crippen MR) is 138 cm³/mol. The quantitative estimate of drug-likeness (QED) is 0.395. The van der Waals surface area contributed by atoms with Gasteiger partial charge in [0.05, 0.1) is 0 Å². The molecule has 4 rings (SSSR count). The van der Waals surface area contributed by atoms with Gasteiger partial charge in [-0.1, -0.05) is 44.9 Å². The van der Waals surface area contributed by atoms with Crippen molar-refractivity contribution in [1.82, 2.24) is 4.98 Å². The van der Waals surface area contributed by atoms with Crippen molar-refractivity contribution in [3.05, 3.63) is 70.7 Å². The van der Waals surface area contributed by atoms with Crippen LogP contribution in [0.4, 0.5) is 10.2 Å². The fourth-order valence-electron chi connectivity index (χ4n) is 5.09. The van der Waals surface area contributed by atoms with Gasteiger partial charge in [-0.25, -0.2) is 9.37 Å². The van der Waals surface area contributed by atoms with E-state index in [-0.39, 0.29) is 5.82 Å². The van der Waals surface area contributed by atoms with Crippen LogP contribution in [-0.4, -0.2) is 11.0 Å². The molecule has 0 radical (unpaired) electrons. The Morgan fingerprint density at radius 1 is 0.970 bits per heavy atom. The second kappa shape index (κ2) is 10.1. The van der Waals surface area contributed by atoms with Crippen LogP contribution in [0, 0.1) is 32.5 Å². The van der Waals surface area contributed by atoms with Gasteiger partial charge in [0, 0.05) is 17.8 Å². The Kier molecular flexibility index (Phi) is 7.17. The summed E-state index contributed by atoms with van der Waals surface area (Å²) in [4.78, 5) is 4.69. The highest BCUT2D eigenvalue weighted by Gasteiger charge is 2.17. The minimum Gasteiger partial charge on any atom is -0.367 e. The molecule has 0 saturated heterocycles. The van der Waals surface area contributed by atoms with Crippen molar-refractivity contribution in [3.8, 4) is 22.3 Å². The molecule has 0 aliphatic heterocycles. The fraction of sp³-hybridized carbons (Fsp3) is 0.433. The van der Waals surface area contributed by atoms with Crippen molar-refractivity contribution in [2.75, 3.05) is 5.32 Å². The normalized spacial score (nSPS) is 14.3. The molecule has 33 heavy (non-hydrogen) atoms. The maximum Gasteiger partial charge on any atom is 0.127 e. The van der Waals surface area contributed by atoms with Crippen LogP contribution in [0.1, 0.15) is 68.2 Å². The molecule has 0 spiro atoms. The average molecular weight is 445 g/mol. The van der Waals surface area contributed by atoms with Gasteiger partial charge in [-0.2, -0.15) is 0 Å². The summed E-state index contributed by atoms with van der Waals surface area (Å²) in [6, 6.07) is 12.8. The lowest BCUT2D eigenvalue weighted by atomic mass is 9.87. The molecule has 1 aromatic heterocycles. The molecule has 1 fully saturated rings. The molecular formula is C30H37FN2. The zero-order valence-corrected chi connectivity index (χ0v) is 20.8. The van der Waals surface area contributed by atoms with E-state index in [9.17, 15) is 4.39 Å². The zero-order chi connectivity index (χ0) is 23.5. The van der Waals surface area contributed by atoms with Gasteiger partial charge in [0.2, 0.25) is 0 Å². The lowest BCUT2D eigenvalue weighted by Crippen LogP contribution is -2.15. The minimum atomic E-state index is -0.0942. The summed E-state index contributed by atoms with van der Waals surface area (Å²) in [5, 5.41) is 3.57. The molecule has 0 amide bonds. The van der Waals surface area contributed by atoms with Crippen molar-refractivity contribution in [1.29, 1.82) is 0 Å². The van der Waals surface area contributed by atoms with Crippen molar-refractivity contribution in [2.24, 2.45) is 5.92 Å². The summed E-state index contributed by atoms with van der Waals surface area (Å²) in [7, 11) is 0. The molecule has 3 heteroatoms. The second-order valence-electron chi connectivity index (χ2n) is 10.2. The molecule has 174 valence electrons. The summed E-state index contributed by atoms with van der Waals surface area (Å²) in [6.45, 7) is 10.8. The van der Waals surface area contributed by atoms with Crippen LogP contribution in [0.3, 0.4) is 0 Å². The number of aryl methyl sites for hydroxylation is 2. The number of halogens is 1. The lowest BCUT2D eigenvalue weighted by molar-refractivity contribution is 0.558. The Labute approximate surface area is 198 Å². The van der Waals surface area contributed by atoms with Crippen LogP contribution in [0.2, 0.25) is 0 Å². The number of pyridine rings is 1. The number of nitrogens with one attached hydrogen (secondary N) is 1. The maximum atomic E-state index is 14.9. The van der Waals surface area contributed by atoms with E-state index in [4.69, 9.17) is 0 Å². The SMILES string of the molecule is Cc1cc(-c2ccc(NC3CCCC3)nc2)c(C)c(C)c1-c1ccc(CCC(C)C)c(F)c1. The van der Waals surface area contributed by atoms with Gasteiger partial charge in [0.1, 0.15) is 11.6 Å². The predicted octanol–water partition coefficient (Wildman–Crippen LogP) is 8.42. The third-order valence-corrected chi connectivity index (χ3v) is 7.21. The van der Waals surface area contributed by atoms with Crippen LogP contribution in [0.25, 0.3) is 22.3 Å². The first-order valence-electron chi connectivity index (χ1n) is 12.5. The number of aromatic nitrogens is 1. The molecule has 0 unspecified atom stereocenters. The van der Waals surface area contributed by atoms with E-state index >= 15 is 0 Å². The van der Waals surface area contributed by atoms with E-state index in [0.717, 1.165) is 46.5 Å². The van der Waals surface area contributed by atoms with E-state index in [2.05, 4.69) is 69.2 Å². The third kappa shape index (κ3) is 5.29. The molecule has 1 aliphatic rings. The van der Waals surface area contributed by atoms with Gasteiger partial charge in [0.25, 0.3) is 0 Å². The Bertz CT molecular complexity index is 1110. The molecule has 2 aromatic carbocycles. The smallest absolute Gasteiger partial charge is 0.127 e. The Morgan fingerprint density at radius 3 is 2.33 bits per heavy atom. The topological polar surface area (TPSA) is 24.9 Å². The van der Waals surface area contributed by atoms with E-state index < -0.39 is 0 Å². The summed E-state index contributed by atoms with van der Waals surface area (Å²) in [6.07, 6.45) is 8.86. The van der Waals surface area contributed by atoms with E-state index in [1.54, 1.807) is 6.07 Å². The molecule has 3 aromatic rings. The van der Waals surface area contributed by atoms with Crippen LogP contribution in [0.15, 0.2) is 42.6 Å². The number of anilines is 1. The third-order valence-electron chi connectivity index (χ3n) is 7.21. The summed E-state index contributed by atoms with van der Waals surface area (Å²) < 4.78 is 14.9. The molecular weight excluding hydrogens is 407 g/mol. The van der Waals surface area contributed by atoms with Crippen LogP contribution < -0.4 is 5.32 Å². The van der Waals surface area contributed by atoms with Crippen LogP contribution >= 0.6 is 0 Å². The fourth-order valence-corrected chi connectivity index (χ4v) is 5.09. The Hall–Kier alpha value is -2.68. The standard InChI is InChI=1S/C30H37FN2/c1-19(2)10-11-23-12-13-24(17-28(23)31)30-20(3)16-27(21(4)22(30)5)25-14-15-29(32-18-25)33-26-8-6-7-9-26/h12-19,26H,6-11H2,1-5H3,(H,32,33). The van der Waals surface area contributed by atoms with Crippen LogP contribution in [-0.2, 0) is 6.42 Å². The van der Waals surface area contributed by atoms with E-state index in [0.29, 0.717) is 12.0 Å². The second-order valence-corrected chi connectivity index (χ2v) is 10.2. The summed E-state index contributed by atoms with van der Waals surface area (Å²) >= 11 is 0. The van der Waals surface area contributed by atoms with Crippen molar-refractivity contribution in [2.45, 2.75) is 79.2 Å². The van der Waals surface area contributed by atoms with Crippen molar-refractivity contribution in [3.63, 3.8) is 0 Å². The molecule has 1 heterocycles. The molecule has 0 atom stereocenters. The maximum absolute atomic E-state index is 14.9. The van der Waals surface area contributed by atoms with Gasteiger partial charge in [-0.05, 0) is 110 Å². The monoisotopic (exact) mass is 444 g/mol. The van der Waals surface area contributed by atoms with E-state index in [1.165, 1.54) is 42.4 Å².